The van der Waals surface area contributed by atoms with Gasteiger partial charge in [-0.1, -0.05) is 0 Å². The highest BCUT2D eigenvalue weighted by molar-refractivity contribution is 5.68. The van der Waals surface area contributed by atoms with Crippen molar-refractivity contribution in [1.82, 2.24) is 15.8 Å². The first-order chi connectivity index (χ1) is 7.46. The maximum absolute atomic E-state index is 11.8. The second kappa shape index (κ2) is 3.97. The minimum atomic E-state index is -0.423. The van der Waals surface area contributed by atoms with Crippen LogP contribution in [0.2, 0.25) is 0 Å². The molecular weight excluding hydrogens is 206 g/mol. The molecule has 1 fully saturated rings. The lowest BCUT2D eigenvalue weighted by molar-refractivity contribution is 0.0245. The third-order valence-electron chi connectivity index (χ3n) is 2.65. The summed E-state index contributed by atoms with van der Waals surface area (Å²) in [6.07, 6.45) is 1.81. The van der Waals surface area contributed by atoms with Gasteiger partial charge in [0.25, 0.3) is 0 Å². The quantitative estimate of drug-likeness (QED) is 0.641. The third-order valence-corrected chi connectivity index (χ3v) is 2.65. The Hall–Kier alpha value is -1.23. The summed E-state index contributed by atoms with van der Waals surface area (Å²) >= 11 is 0. The maximum atomic E-state index is 11.8. The number of ether oxygens (including phenoxy) is 1. The van der Waals surface area contributed by atoms with Crippen LogP contribution in [0.15, 0.2) is 11.8 Å². The van der Waals surface area contributed by atoms with E-state index in [0.29, 0.717) is 12.5 Å². The molecule has 0 aromatic heterocycles. The summed E-state index contributed by atoms with van der Waals surface area (Å²) in [4.78, 5) is 13.6. The molecule has 2 aliphatic rings. The van der Waals surface area contributed by atoms with Gasteiger partial charge in [-0.15, -0.1) is 0 Å². The van der Waals surface area contributed by atoms with E-state index in [1.165, 1.54) is 5.70 Å². The second-order valence-electron chi connectivity index (χ2n) is 5.25. The molecule has 0 radical (unpaired) electrons. The van der Waals surface area contributed by atoms with Crippen LogP contribution in [-0.2, 0) is 4.74 Å². The van der Waals surface area contributed by atoms with Crippen molar-refractivity contribution in [3.05, 3.63) is 11.8 Å². The van der Waals surface area contributed by atoms with Crippen molar-refractivity contribution in [2.75, 3.05) is 19.6 Å². The highest BCUT2D eigenvalue weighted by Crippen LogP contribution is 2.20. The number of nitrogens with zero attached hydrogens (tertiary/aromatic N) is 1. The summed E-state index contributed by atoms with van der Waals surface area (Å²) in [6.45, 7) is 7.86. The van der Waals surface area contributed by atoms with Gasteiger partial charge in [-0.3, -0.25) is 0 Å². The van der Waals surface area contributed by atoms with Gasteiger partial charge in [0.15, 0.2) is 0 Å². The summed E-state index contributed by atoms with van der Waals surface area (Å²) in [5.74, 6) is 0.376. The number of fused-ring (bicyclic) bond motifs is 1. The van der Waals surface area contributed by atoms with Crippen molar-refractivity contribution in [3.8, 4) is 0 Å². The molecule has 1 unspecified atom stereocenters. The van der Waals surface area contributed by atoms with Crippen LogP contribution in [-0.4, -0.2) is 36.2 Å². The van der Waals surface area contributed by atoms with Gasteiger partial charge in [-0.2, -0.15) is 0 Å². The van der Waals surface area contributed by atoms with Crippen LogP contribution in [0.1, 0.15) is 20.8 Å². The molecule has 1 atom stereocenters. The van der Waals surface area contributed by atoms with E-state index in [1.54, 1.807) is 4.90 Å². The molecule has 2 rings (SSSR count). The molecule has 90 valence electrons. The monoisotopic (exact) mass is 225 g/mol. The zero-order valence-corrected chi connectivity index (χ0v) is 10.0. The van der Waals surface area contributed by atoms with Crippen LogP contribution in [0, 0.1) is 5.92 Å². The molecule has 5 heteroatoms. The van der Waals surface area contributed by atoms with Crippen molar-refractivity contribution in [1.29, 1.82) is 0 Å². The number of amides is 1. The zero-order chi connectivity index (χ0) is 11.8. The highest BCUT2D eigenvalue weighted by atomic mass is 16.6. The fraction of sp³-hybridized carbons (Fsp3) is 0.727. The molecule has 16 heavy (non-hydrogen) atoms. The molecular formula is C11H19N3O2. The summed E-state index contributed by atoms with van der Waals surface area (Å²) < 4.78 is 5.34. The van der Waals surface area contributed by atoms with Gasteiger partial charge in [0.1, 0.15) is 5.60 Å². The molecule has 0 aromatic carbocycles. The minimum Gasteiger partial charge on any atom is -0.444 e. The Balaban J connectivity index is 1.95. The number of carbonyl (C=O) groups is 1. The molecule has 2 heterocycles. The largest absolute Gasteiger partial charge is 0.444 e. The summed E-state index contributed by atoms with van der Waals surface area (Å²) in [6, 6.07) is 0. The average molecular weight is 225 g/mol. The second-order valence-corrected chi connectivity index (χ2v) is 5.25. The molecule has 0 aromatic rings. The van der Waals surface area contributed by atoms with Crippen LogP contribution in [0.25, 0.3) is 0 Å². The van der Waals surface area contributed by atoms with E-state index in [4.69, 9.17) is 4.74 Å². The number of hydrazine groups is 1. The molecule has 0 spiro atoms. The molecule has 5 nitrogen and oxygen atoms in total. The van der Waals surface area contributed by atoms with Crippen molar-refractivity contribution < 1.29 is 9.53 Å². The first-order valence-electron chi connectivity index (χ1n) is 5.62. The Morgan fingerprint density at radius 2 is 2.31 bits per heavy atom. The topological polar surface area (TPSA) is 53.6 Å². The predicted octanol–water partition coefficient (Wildman–Crippen LogP) is 0.845. The summed E-state index contributed by atoms with van der Waals surface area (Å²) in [5, 5.41) is 0. The lowest BCUT2D eigenvalue weighted by Crippen LogP contribution is -2.42. The van der Waals surface area contributed by atoms with Gasteiger partial charge in [-0.05, 0) is 26.8 Å². The van der Waals surface area contributed by atoms with E-state index >= 15 is 0 Å². The van der Waals surface area contributed by atoms with Crippen molar-refractivity contribution in [2.45, 2.75) is 26.4 Å². The van der Waals surface area contributed by atoms with Gasteiger partial charge < -0.3 is 15.1 Å². The maximum Gasteiger partial charge on any atom is 0.410 e. The first kappa shape index (κ1) is 11.3. The Bertz CT molecular complexity index is 320. The Morgan fingerprint density at radius 1 is 1.56 bits per heavy atom. The molecule has 2 N–H and O–H groups in total. The predicted molar refractivity (Wildman–Crippen MR) is 60.5 cm³/mol. The van der Waals surface area contributed by atoms with Crippen LogP contribution in [0.4, 0.5) is 4.79 Å². The standard InChI is InChI=1S/C11H19N3O2/c1-11(2,3)16-10(15)14-5-4-9-8(7-14)6-12-13-9/h4,8,12-13H,5-7H2,1-3H3. The van der Waals surface area contributed by atoms with Crippen molar-refractivity contribution in [3.63, 3.8) is 0 Å². The van der Waals surface area contributed by atoms with E-state index in [9.17, 15) is 4.79 Å². The number of hydrogen-bond acceptors (Lipinski definition) is 4. The van der Waals surface area contributed by atoms with Gasteiger partial charge in [-0.25, -0.2) is 10.2 Å². The van der Waals surface area contributed by atoms with Gasteiger partial charge in [0.2, 0.25) is 0 Å². The molecule has 1 amide bonds. The number of nitrogens with one attached hydrogen (secondary N) is 2. The molecule has 2 aliphatic heterocycles. The van der Waals surface area contributed by atoms with E-state index in [2.05, 4.69) is 10.9 Å². The van der Waals surface area contributed by atoms with Gasteiger partial charge in [0, 0.05) is 31.2 Å². The summed E-state index contributed by atoms with van der Waals surface area (Å²) in [7, 11) is 0. The average Bonchev–Trinajstić information content (AvgIpc) is 2.61. The third kappa shape index (κ3) is 2.47. The number of rotatable bonds is 0. The molecule has 0 aliphatic carbocycles. The van der Waals surface area contributed by atoms with E-state index in [0.717, 1.165) is 13.1 Å². The zero-order valence-electron chi connectivity index (χ0n) is 10.0. The number of hydrogen-bond donors (Lipinski definition) is 2. The van der Waals surface area contributed by atoms with Crippen LogP contribution in [0.3, 0.4) is 0 Å². The van der Waals surface area contributed by atoms with Crippen molar-refractivity contribution >= 4 is 6.09 Å². The van der Waals surface area contributed by atoms with Crippen LogP contribution >= 0.6 is 0 Å². The highest BCUT2D eigenvalue weighted by Gasteiger charge is 2.31. The Kier molecular flexibility index (Phi) is 2.80. The minimum absolute atomic E-state index is 0.227. The summed E-state index contributed by atoms with van der Waals surface area (Å²) in [5.41, 5.74) is 6.94. The molecule has 0 saturated carbocycles. The van der Waals surface area contributed by atoms with E-state index in [1.807, 2.05) is 26.8 Å². The number of carbonyl (C=O) groups excluding carboxylic acids is 1. The van der Waals surface area contributed by atoms with Crippen LogP contribution < -0.4 is 10.9 Å². The van der Waals surface area contributed by atoms with E-state index < -0.39 is 5.60 Å². The SMILES string of the molecule is CC(C)(C)OC(=O)N1CC=C2NNCC2C1. The van der Waals surface area contributed by atoms with Gasteiger partial charge in [0.05, 0.1) is 0 Å². The fourth-order valence-electron chi connectivity index (χ4n) is 1.89. The Morgan fingerprint density at radius 3 is 3.00 bits per heavy atom. The lowest BCUT2D eigenvalue weighted by Gasteiger charge is -2.31. The fourth-order valence-corrected chi connectivity index (χ4v) is 1.89. The smallest absolute Gasteiger partial charge is 0.410 e. The molecule has 1 saturated heterocycles. The van der Waals surface area contributed by atoms with Gasteiger partial charge >= 0.3 is 6.09 Å². The Labute approximate surface area is 95.8 Å². The van der Waals surface area contributed by atoms with E-state index in [-0.39, 0.29) is 6.09 Å². The normalized spacial score (nSPS) is 24.6. The lowest BCUT2D eigenvalue weighted by atomic mass is 10.0. The molecule has 0 bridgehead atoms. The van der Waals surface area contributed by atoms with Crippen LogP contribution in [0.5, 0.6) is 0 Å². The van der Waals surface area contributed by atoms with Crippen molar-refractivity contribution in [2.24, 2.45) is 5.92 Å². The first-order valence-corrected chi connectivity index (χ1v) is 5.62.